The van der Waals surface area contributed by atoms with E-state index in [1.54, 1.807) is 0 Å². The molecule has 1 rings (SSSR count). The SMILES string of the molecule is CCc1n[nH]c(C)c1CN. The number of nitrogens with zero attached hydrogens (tertiary/aromatic N) is 1. The molecule has 56 valence electrons. The van der Waals surface area contributed by atoms with Crippen LogP contribution in [0.2, 0.25) is 0 Å². The average molecular weight is 139 g/mol. The van der Waals surface area contributed by atoms with E-state index in [2.05, 4.69) is 17.1 Å². The summed E-state index contributed by atoms with van der Waals surface area (Å²) in [5, 5.41) is 7.01. The summed E-state index contributed by atoms with van der Waals surface area (Å²) >= 11 is 0. The van der Waals surface area contributed by atoms with Gasteiger partial charge in [-0.15, -0.1) is 0 Å². The van der Waals surface area contributed by atoms with E-state index in [4.69, 9.17) is 5.73 Å². The molecule has 0 saturated heterocycles. The molecule has 0 spiro atoms. The molecular weight excluding hydrogens is 126 g/mol. The molecule has 0 aliphatic rings. The van der Waals surface area contributed by atoms with E-state index < -0.39 is 0 Å². The molecule has 0 radical (unpaired) electrons. The van der Waals surface area contributed by atoms with Crippen molar-refractivity contribution in [2.45, 2.75) is 26.8 Å². The van der Waals surface area contributed by atoms with Gasteiger partial charge >= 0.3 is 0 Å². The molecule has 0 bridgehead atoms. The summed E-state index contributed by atoms with van der Waals surface area (Å²) in [6, 6.07) is 0. The van der Waals surface area contributed by atoms with Gasteiger partial charge in [0.05, 0.1) is 5.69 Å². The highest BCUT2D eigenvalue weighted by molar-refractivity contribution is 5.23. The van der Waals surface area contributed by atoms with Crippen molar-refractivity contribution in [2.24, 2.45) is 5.73 Å². The van der Waals surface area contributed by atoms with Crippen LogP contribution in [0.4, 0.5) is 0 Å². The fraction of sp³-hybridized carbons (Fsp3) is 0.571. The Morgan fingerprint density at radius 1 is 1.60 bits per heavy atom. The van der Waals surface area contributed by atoms with E-state index in [9.17, 15) is 0 Å². The molecule has 1 aromatic heterocycles. The molecule has 0 aliphatic heterocycles. The number of aromatic nitrogens is 2. The van der Waals surface area contributed by atoms with Crippen molar-refractivity contribution in [1.82, 2.24) is 10.2 Å². The van der Waals surface area contributed by atoms with Crippen molar-refractivity contribution in [3.63, 3.8) is 0 Å². The summed E-state index contributed by atoms with van der Waals surface area (Å²) in [6.07, 6.45) is 0.955. The first-order valence-corrected chi connectivity index (χ1v) is 3.52. The molecule has 10 heavy (non-hydrogen) atoms. The second-order valence-electron chi connectivity index (χ2n) is 2.33. The van der Waals surface area contributed by atoms with Gasteiger partial charge in [-0.25, -0.2) is 0 Å². The van der Waals surface area contributed by atoms with Crippen molar-refractivity contribution in [1.29, 1.82) is 0 Å². The third kappa shape index (κ3) is 1.04. The van der Waals surface area contributed by atoms with Crippen molar-refractivity contribution in [2.75, 3.05) is 0 Å². The predicted molar refractivity (Wildman–Crippen MR) is 40.6 cm³/mol. The predicted octanol–water partition coefficient (Wildman–Crippen LogP) is 0.739. The lowest BCUT2D eigenvalue weighted by atomic mass is 10.1. The monoisotopic (exact) mass is 139 g/mol. The Hall–Kier alpha value is -0.830. The number of aryl methyl sites for hydroxylation is 2. The van der Waals surface area contributed by atoms with Gasteiger partial charge in [0.2, 0.25) is 0 Å². The fourth-order valence-corrected chi connectivity index (χ4v) is 1.07. The van der Waals surface area contributed by atoms with E-state index in [-0.39, 0.29) is 0 Å². The second-order valence-corrected chi connectivity index (χ2v) is 2.33. The van der Waals surface area contributed by atoms with Crippen LogP contribution in [0.1, 0.15) is 23.9 Å². The van der Waals surface area contributed by atoms with E-state index in [1.807, 2.05) is 6.92 Å². The maximum absolute atomic E-state index is 5.51. The zero-order valence-electron chi connectivity index (χ0n) is 6.44. The third-order valence-corrected chi connectivity index (χ3v) is 1.70. The van der Waals surface area contributed by atoms with Gasteiger partial charge < -0.3 is 5.73 Å². The first-order valence-electron chi connectivity index (χ1n) is 3.52. The Labute approximate surface area is 60.6 Å². The number of nitrogens with two attached hydrogens (primary N) is 1. The van der Waals surface area contributed by atoms with Crippen LogP contribution >= 0.6 is 0 Å². The molecule has 0 unspecified atom stereocenters. The van der Waals surface area contributed by atoms with Crippen molar-refractivity contribution < 1.29 is 0 Å². The molecule has 0 aliphatic carbocycles. The van der Waals surface area contributed by atoms with Gasteiger partial charge in [-0.1, -0.05) is 6.92 Å². The Morgan fingerprint density at radius 3 is 2.70 bits per heavy atom. The lowest BCUT2D eigenvalue weighted by molar-refractivity contribution is 0.947. The number of nitrogens with one attached hydrogen (secondary N) is 1. The van der Waals surface area contributed by atoms with Crippen LogP contribution in [0.15, 0.2) is 0 Å². The molecule has 0 fully saturated rings. The number of hydrogen-bond acceptors (Lipinski definition) is 2. The van der Waals surface area contributed by atoms with Crippen LogP contribution in [0.5, 0.6) is 0 Å². The number of aromatic amines is 1. The van der Waals surface area contributed by atoms with Crippen LogP contribution in [0.25, 0.3) is 0 Å². The first-order chi connectivity index (χ1) is 4.79. The standard InChI is InChI=1S/C7H13N3/c1-3-7-6(4-8)5(2)9-10-7/h3-4,8H2,1-2H3,(H,9,10). The van der Waals surface area contributed by atoms with Crippen LogP contribution in [0, 0.1) is 6.92 Å². The van der Waals surface area contributed by atoms with Gasteiger partial charge in [-0.2, -0.15) is 5.10 Å². The highest BCUT2D eigenvalue weighted by Gasteiger charge is 2.04. The lowest BCUT2D eigenvalue weighted by Crippen LogP contribution is -2.00. The van der Waals surface area contributed by atoms with E-state index in [0.717, 1.165) is 17.8 Å². The second kappa shape index (κ2) is 2.84. The third-order valence-electron chi connectivity index (χ3n) is 1.70. The van der Waals surface area contributed by atoms with E-state index in [0.29, 0.717) is 6.54 Å². The first kappa shape index (κ1) is 7.28. The van der Waals surface area contributed by atoms with Crippen molar-refractivity contribution >= 4 is 0 Å². The Bertz CT molecular complexity index is 215. The highest BCUT2D eigenvalue weighted by atomic mass is 15.1. The van der Waals surface area contributed by atoms with Crippen molar-refractivity contribution in [3.8, 4) is 0 Å². The maximum atomic E-state index is 5.51. The van der Waals surface area contributed by atoms with Gasteiger partial charge in [0.15, 0.2) is 0 Å². The lowest BCUT2D eigenvalue weighted by Gasteiger charge is -1.94. The topological polar surface area (TPSA) is 54.7 Å². The molecule has 3 heteroatoms. The van der Waals surface area contributed by atoms with Gasteiger partial charge in [0.25, 0.3) is 0 Å². The summed E-state index contributed by atoms with van der Waals surface area (Å²) in [5.74, 6) is 0. The minimum absolute atomic E-state index is 0.589. The van der Waals surface area contributed by atoms with E-state index >= 15 is 0 Å². The largest absolute Gasteiger partial charge is 0.326 e. The smallest absolute Gasteiger partial charge is 0.0667 e. The average Bonchev–Trinajstić information content (AvgIpc) is 2.30. The number of hydrogen-bond donors (Lipinski definition) is 2. The Morgan fingerprint density at radius 2 is 2.30 bits per heavy atom. The van der Waals surface area contributed by atoms with Crippen LogP contribution in [0.3, 0.4) is 0 Å². The van der Waals surface area contributed by atoms with Crippen LogP contribution in [-0.4, -0.2) is 10.2 Å². The zero-order valence-corrected chi connectivity index (χ0v) is 6.44. The number of H-pyrrole nitrogens is 1. The Balaban J connectivity index is 3.01. The molecular formula is C7H13N3. The molecule has 0 atom stereocenters. The molecule has 1 heterocycles. The molecule has 3 N–H and O–H groups in total. The molecule has 3 nitrogen and oxygen atoms in total. The van der Waals surface area contributed by atoms with Gasteiger partial charge in [0.1, 0.15) is 0 Å². The Kier molecular flexibility index (Phi) is 2.06. The van der Waals surface area contributed by atoms with Gasteiger partial charge in [0, 0.05) is 17.8 Å². The summed E-state index contributed by atoms with van der Waals surface area (Å²) in [6.45, 7) is 4.66. The molecule has 1 aromatic rings. The van der Waals surface area contributed by atoms with E-state index in [1.165, 1.54) is 5.56 Å². The summed E-state index contributed by atoms with van der Waals surface area (Å²) in [5.41, 5.74) is 8.87. The maximum Gasteiger partial charge on any atom is 0.0667 e. The molecule has 0 aromatic carbocycles. The summed E-state index contributed by atoms with van der Waals surface area (Å²) < 4.78 is 0. The van der Waals surface area contributed by atoms with Gasteiger partial charge in [-0.05, 0) is 13.3 Å². The molecule has 0 amide bonds. The number of rotatable bonds is 2. The van der Waals surface area contributed by atoms with Crippen LogP contribution < -0.4 is 5.73 Å². The zero-order chi connectivity index (χ0) is 7.56. The summed E-state index contributed by atoms with van der Waals surface area (Å²) in [7, 11) is 0. The minimum atomic E-state index is 0.589. The van der Waals surface area contributed by atoms with Gasteiger partial charge in [-0.3, -0.25) is 5.10 Å². The molecule has 0 saturated carbocycles. The minimum Gasteiger partial charge on any atom is -0.326 e. The van der Waals surface area contributed by atoms with Crippen LogP contribution in [-0.2, 0) is 13.0 Å². The normalized spacial score (nSPS) is 10.3. The van der Waals surface area contributed by atoms with Crippen molar-refractivity contribution in [3.05, 3.63) is 17.0 Å². The quantitative estimate of drug-likeness (QED) is 0.635. The summed E-state index contributed by atoms with van der Waals surface area (Å²) in [4.78, 5) is 0. The highest BCUT2D eigenvalue weighted by Crippen LogP contribution is 2.08. The fourth-order valence-electron chi connectivity index (χ4n) is 1.07.